The first kappa shape index (κ1) is 21.9. The van der Waals surface area contributed by atoms with Gasteiger partial charge in [0.15, 0.2) is 0 Å². The van der Waals surface area contributed by atoms with Gasteiger partial charge >= 0.3 is 6.18 Å². The molecular formula is C23H23F3N4O2. The third-order valence-electron chi connectivity index (χ3n) is 5.49. The molecule has 0 unspecified atom stereocenters. The Hall–Kier alpha value is -3.33. The highest BCUT2D eigenvalue weighted by atomic mass is 19.4. The van der Waals surface area contributed by atoms with E-state index in [1.165, 1.54) is 6.07 Å². The van der Waals surface area contributed by atoms with Crippen LogP contribution in [0.5, 0.6) is 0 Å². The molecule has 0 saturated carbocycles. The molecule has 1 aromatic carbocycles. The summed E-state index contributed by atoms with van der Waals surface area (Å²) in [6, 6.07) is 11.0. The minimum atomic E-state index is -4.62. The average molecular weight is 444 g/mol. The van der Waals surface area contributed by atoms with E-state index in [-0.39, 0.29) is 5.69 Å². The second kappa shape index (κ2) is 8.66. The van der Waals surface area contributed by atoms with Gasteiger partial charge in [-0.3, -0.25) is 4.79 Å². The van der Waals surface area contributed by atoms with Crippen LogP contribution in [0, 0.1) is 13.8 Å². The molecule has 0 aliphatic carbocycles. The zero-order valence-corrected chi connectivity index (χ0v) is 17.7. The van der Waals surface area contributed by atoms with Gasteiger partial charge in [0.25, 0.3) is 5.91 Å². The van der Waals surface area contributed by atoms with Crippen molar-refractivity contribution in [2.45, 2.75) is 20.0 Å². The van der Waals surface area contributed by atoms with Crippen LogP contribution < -0.4 is 10.2 Å². The predicted molar refractivity (Wildman–Crippen MR) is 115 cm³/mol. The fourth-order valence-electron chi connectivity index (χ4n) is 3.91. The molecule has 0 radical (unpaired) electrons. The third kappa shape index (κ3) is 4.34. The Morgan fingerprint density at radius 2 is 1.84 bits per heavy atom. The number of morpholine rings is 1. The third-order valence-corrected chi connectivity index (χ3v) is 5.49. The quantitative estimate of drug-likeness (QED) is 0.639. The first-order valence-corrected chi connectivity index (χ1v) is 10.2. The van der Waals surface area contributed by atoms with E-state index in [9.17, 15) is 18.0 Å². The van der Waals surface area contributed by atoms with E-state index in [0.29, 0.717) is 49.1 Å². The van der Waals surface area contributed by atoms with Crippen LogP contribution in [0.1, 0.15) is 27.3 Å². The van der Waals surface area contributed by atoms with E-state index in [2.05, 4.69) is 10.3 Å². The first-order chi connectivity index (χ1) is 15.3. The number of carbonyl (C=O) groups is 1. The van der Waals surface area contributed by atoms with E-state index in [0.717, 1.165) is 11.8 Å². The number of aromatic nitrogens is 2. The molecule has 1 aliphatic rings. The normalized spacial score (nSPS) is 14.5. The summed E-state index contributed by atoms with van der Waals surface area (Å²) >= 11 is 0. The highest BCUT2D eigenvalue weighted by molar-refractivity contribution is 6.06. The lowest BCUT2D eigenvalue weighted by Gasteiger charge is -2.29. The van der Waals surface area contributed by atoms with Gasteiger partial charge in [-0.1, -0.05) is 6.07 Å². The van der Waals surface area contributed by atoms with E-state index in [1.54, 1.807) is 42.0 Å². The molecule has 168 valence electrons. The lowest BCUT2D eigenvalue weighted by molar-refractivity contribution is -0.136. The van der Waals surface area contributed by atoms with Crippen LogP contribution in [0.4, 0.5) is 24.5 Å². The lowest BCUT2D eigenvalue weighted by atomic mass is 10.1. The Bertz CT molecular complexity index is 1120. The summed E-state index contributed by atoms with van der Waals surface area (Å²) in [6.07, 6.45) is -2.98. The average Bonchev–Trinajstić information content (AvgIpc) is 3.08. The Morgan fingerprint density at radius 1 is 1.09 bits per heavy atom. The lowest BCUT2D eigenvalue weighted by Crippen LogP contribution is -2.36. The maximum atomic E-state index is 13.8. The van der Waals surface area contributed by atoms with Crippen molar-refractivity contribution in [2.75, 3.05) is 36.5 Å². The molecule has 1 N–H and O–H groups in total. The van der Waals surface area contributed by atoms with Crippen LogP contribution in [0.2, 0.25) is 0 Å². The zero-order valence-electron chi connectivity index (χ0n) is 17.7. The molecule has 2 aromatic heterocycles. The Kier molecular flexibility index (Phi) is 5.92. The minimum Gasteiger partial charge on any atom is -0.378 e. The van der Waals surface area contributed by atoms with Gasteiger partial charge in [0.2, 0.25) is 0 Å². The first-order valence-electron chi connectivity index (χ1n) is 10.2. The Morgan fingerprint density at radius 3 is 2.50 bits per heavy atom. The summed E-state index contributed by atoms with van der Waals surface area (Å²) in [4.78, 5) is 19.1. The summed E-state index contributed by atoms with van der Waals surface area (Å²) in [5.74, 6) is 0.0253. The number of ether oxygens (including phenoxy) is 1. The molecule has 32 heavy (non-hydrogen) atoms. The van der Waals surface area contributed by atoms with Crippen molar-refractivity contribution in [3.8, 4) is 5.82 Å². The van der Waals surface area contributed by atoms with Gasteiger partial charge < -0.3 is 19.5 Å². The minimum absolute atomic E-state index is 0.276. The van der Waals surface area contributed by atoms with Gasteiger partial charge in [0.1, 0.15) is 5.82 Å². The molecule has 3 heterocycles. The maximum Gasteiger partial charge on any atom is 0.418 e. The van der Waals surface area contributed by atoms with Gasteiger partial charge in [0.05, 0.1) is 30.0 Å². The fourth-order valence-corrected chi connectivity index (χ4v) is 3.91. The van der Waals surface area contributed by atoms with Crippen molar-refractivity contribution >= 4 is 17.3 Å². The van der Waals surface area contributed by atoms with Crippen molar-refractivity contribution in [3.05, 3.63) is 71.2 Å². The van der Waals surface area contributed by atoms with Gasteiger partial charge in [-0.2, -0.15) is 13.2 Å². The molecular weight excluding hydrogens is 421 g/mol. The molecule has 1 saturated heterocycles. The van der Waals surface area contributed by atoms with Crippen LogP contribution >= 0.6 is 0 Å². The number of benzene rings is 1. The standard InChI is InChI=1S/C23H23F3N4O2/c1-15-13-18(16(2)30(15)21-5-3-4-8-27-21)22(31)28-20-7-6-17(14-19(20)23(24,25)26)29-9-11-32-12-10-29/h3-8,13-14H,9-12H2,1-2H3,(H,28,31). The topological polar surface area (TPSA) is 59.4 Å². The van der Waals surface area contributed by atoms with Crippen LogP contribution in [-0.4, -0.2) is 41.8 Å². The zero-order chi connectivity index (χ0) is 22.9. The van der Waals surface area contributed by atoms with Crippen LogP contribution in [0.25, 0.3) is 5.82 Å². The number of carbonyl (C=O) groups excluding carboxylic acids is 1. The molecule has 0 bridgehead atoms. The number of rotatable bonds is 4. The van der Waals surface area contributed by atoms with E-state index in [4.69, 9.17) is 4.74 Å². The summed E-state index contributed by atoms with van der Waals surface area (Å²) in [5, 5.41) is 2.46. The summed E-state index contributed by atoms with van der Waals surface area (Å²) in [5.41, 5.74) is 0.934. The van der Waals surface area contributed by atoms with E-state index < -0.39 is 17.6 Å². The second-order valence-corrected chi connectivity index (χ2v) is 7.59. The number of nitrogens with one attached hydrogen (secondary N) is 1. The fraction of sp³-hybridized carbons (Fsp3) is 0.304. The number of halogens is 3. The van der Waals surface area contributed by atoms with Crippen molar-refractivity contribution in [1.82, 2.24) is 9.55 Å². The molecule has 6 nitrogen and oxygen atoms in total. The number of anilines is 2. The predicted octanol–water partition coefficient (Wildman–Crippen LogP) is 4.60. The van der Waals surface area contributed by atoms with Gasteiger partial charge in [0, 0.05) is 36.4 Å². The molecule has 1 amide bonds. The van der Waals surface area contributed by atoms with Gasteiger partial charge in [-0.25, -0.2) is 4.98 Å². The Labute approximate surface area is 183 Å². The second-order valence-electron chi connectivity index (χ2n) is 7.59. The SMILES string of the molecule is Cc1cc(C(=O)Nc2ccc(N3CCOCC3)cc2C(F)(F)F)c(C)n1-c1ccccn1. The van der Waals surface area contributed by atoms with Gasteiger partial charge in [-0.15, -0.1) is 0 Å². The smallest absolute Gasteiger partial charge is 0.378 e. The van der Waals surface area contributed by atoms with Crippen molar-refractivity contribution < 1.29 is 22.7 Å². The summed E-state index contributed by atoms with van der Waals surface area (Å²) in [6.45, 7) is 5.52. The van der Waals surface area contributed by atoms with Crippen molar-refractivity contribution in [1.29, 1.82) is 0 Å². The molecule has 1 fully saturated rings. The number of hydrogen-bond donors (Lipinski definition) is 1. The van der Waals surface area contributed by atoms with Crippen molar-refractivity contribution in [3.63, 3.8) is 0 Å². The van der Waals surface area contributed by atoms with E-state index >= 15 is 0 Å². The highest BCUT2D eigenvalue weighted by Gasteiger charge is 2.35. The molecule has 0 atom stereocenters. The van der Waals surface area contributed by atoms with Crippen LogP contribution in [-0.2, 0) is 10.9 Å². The summed E-state index contributed by atoms with van der Waals surface area (Å²) < 4.78 is 48.5. The largest absolute Gasteiger partial charge is 0.418 e. The number of aryl methyl sites for hydroxylation is 1. The van der Waals surface area contributed by atoms with Crippen LogP contribution in [0.15, 0.2) is 48.7 Å². The number of pyridine rings is 1. The molecule has 9 heteroatoms. The maximum absolute atomic E-state index is 13.8. The molecule has 3 aromatic rings. The molecule has 4 rings (SSSR count). The summed E-state index contributed by atoms with van der Waals surface area (Å²) in [7, 11) is 0. The van der Waals surface area contributed by atoms with Gasteiger partial charge in [-0.05, 0) is 50.2 Å². The van der Waals surface area contributed by atoms with E-state index in [1.807, 2.05) is 17.9 Å². The molecule has 1 aliphatic heterocycles. The number of alkyl halides is 3. The number of hydrogen-bond acceptors (Lipinski definition) is 4. The van der Waals surface area contributed by atoms with Crippen LogP contribution in [0.3, 0.4) is 0 Å². The number of nitrogens with zero attached hydrogens (tertiary/aromatic N) is 3. The van der Waals surface area contributed by atoms with Crippen molar-refractivity contribution in [2.24, 2.45) is 0 Å². The number of amides is 1. The highest BCUT2D eigenvalue weighted by Crippen LogP contribution is 2.38. The molecule has 0 spiro atoms. The monoisotopic (exact) mass is 444 g/mol. The Balaban J connectivity index is 1.65.